The Morgan fingerprint density at radius 2 is 1.81 bits per heavy atom. The summed E-state index contributed by atoms with van der Waals surface area (Å²) in [5.41, 5.74) is 4.25. The van der Waals surface area contributed by atoms with E-state index in [0.717, 1.165) is 5.69 Å². The van der Waals surface area contributed by atoms with Gasteiger partial charge in [-0.25, -0.2) is 9.97 Å². The second-order valence-corrected chi connectivity index (χ2v) is 10.3. The number of pyridine rings is 1. The van der Waals surface area contributed by atoms with Gasteiger partial charge in [0.25, 0.3) is 0 Å². The monoisotopic (exact) mass is 605 g/mol. The van der Waals surface area contributed by atoms with E-state index in [1.54, 1.807) is 24.7 Å². The number of aliphatic hydroxyl groups excluding tert-OH is 1. The summed E-state index contributed by atoms with van der Waals surface area (Å²) in [5.74, 6) is 0.747. The van der Waals surface area contributed by atoms with Crippen molar-refractivity contribution < 1.29 is 19.4 Å². The van der Waals surface area contributed by atoms with Crippen molar-refractivity contribution in [1.29, 1.82) is 0 Å². The number of anilines is 4. The molecule has 1 amide bonds. The van der Waals surface area contributed by atoms with Crippen LogP contribution in [0.25, 0.3) is 27.8 Å². The van der Waals surface area contributed by atoms with E-state index in [-0.39, 0.29) is 12.0 Å². The van der Waals surface area contributed by atoms with E-state index in [1.807, 2.05) is 33.6 Å². The van der Waals surface area contributed by atoms with Crippen LogP contribution in [0.4, 0.5) is 23.0 Å². The Kier molecular flexibility index (Phi) is 7.23. The predicted molar refractivity (Wildman–Crippen MR) is 164 cm³/mol. The molecule has 214 valence electrons. The molecule has 1 aliphatic heterocycles. The maximum atomic E-state index is 12.2. The SMILES string of the molecule is C=CC(=O)Nc1cc(N2CC(O)C2)ccc1Nc1ncc2cc(-c3c(Cl)c(OC)cc(OC)c3Cl)c3nccn3c2n1. The molecule has 42 heavy (non-hydrogen) atoms. The van der Waals surface area contributed by atoms with Crippen LogP contribution in [0.1, 0.15) is 0 Å². The molecule has 6 rings (SSSR count). The van der Waals surface area contributed by atoms with Gasteiger partial charge in [0.2, 0.25) is 11.9 Å². The van der Waals surface area contributed by atoms with Crippen LogP contribution in [0.5, 0.6) is 11.5 Å². The number of nitrogens with zero attached hydrogens (tertiary/aromatic N) is 5. The van der Waals surface area contributed by atoms with Crippen molar-refractivity contribution in [3.8, 4) is 22.6 Å². The standard InChI is InChI=1S/C29H25Cl2N7O4/c1-4-23(40)34-20-10-16(37-13-17(39)14-37)5-6-19(20)35-29-33-12-15-9-18(28-32-7-8-38(28)27(15)36-29)24-25(30)21(41-2)11-22(42-3)26(24)31/h4-12,17,39H,1,13-14H2,2-3H3,(H,34,40)(H,33,35,36). The van der Waals surface area contributed by atoms with Crippen LogP contribution in [0.2, 0.25) is 10.0 Å². The van der Waals surface area contributed by atoms with Gasteiger partial charge in [-0.15, -0.1) is 0 Å². The number of rotatable bonds is 8. The second-order valence-electron chi connectivity index (χ2n) is 9.54. The first-order valence-electron chi connectivity index (χ1n) is 12.8. The molecule has 0 radical (unpaired) electrons. The molecule has 0 bridgehead atoms. The Hall–Kier alpha value is -4.58. The highest BCUT2D eigenvalue weighted by molar-refractivity contribution is 6.41. The third-order valence-corrected chi connectivity index (χ3v) is 7.72. The molecular formula is C29H25Cl2N7O4. The van der Waals surface area contributed by atoms with E-state index >= 15 is 0 Å². The quantitative estimate of drug-likeness (QED) is 0.201. The number of nitrogens with one attached hydrogen (secondary N) is 2. The van der Waals surface area contributed by atoms with Gasteiger partial charge in [0.1, 0.15) is 17.1 Å². The summed E-state index contributed by atoms with van der Waals surface area (Å²) in [7, 11) is 3.03. The molecule has 1 saturated heterocycles. The number of carbonyl (C=O) groups excluding carboxylic acids is 1. The normalized spacial score (nSPS) is 13.2. The van der Waals surface area contributed by atoms with Gasteiger partial charge in [0.15, 0.2) is 5.65 Å². The van der Waals surface area contributed by atoms with Crippen molar-refractivity contribution >= 4 is 68.8 Å². The van der Waals surface area contributed by atoms with E-state index in [1.165, 1.54) is 20.3 Å². The number of amides is 1. The lowest BCUT2D eigenvalue weighted by molar-refractivity contribution is -0.111. The number of imidazole rings is 1. The minimum atomic E-state index is -0.363. The van der Waals surface area contributed by atoms with Gasteiger partial charge in [-0.05, 0) is 30.3 Å². The molecule has 2 aromatic carbocycles. The highest BCUT2D eigenvalue weighted by atomic mass is 35.5. The smallest absolute Gasteiger partial charge is 0.247 e. The van der Waals surface area contributed by atoms with Crippen LogP contribution < -0.4 is 25.0 Å². The molecule has 0 spiro atoms. The van der Waals surface area contributed by atoms with Gasteiger partial charge in [0, 0.05) is 59.9 Å². The molecule has 11 nitrogen and oxygen atoms in total. The van der Waals surface area contributed by atoms with Crippen LogP contribution in [0, 0.1) is 0 Å². The fourth-order valence-electron chi connectivity index (χ4n) is 4.85. The number of β-amino-alcohol motifs (C(OH)–C–C–N with tert-alkyl or cyclic N) is 1. The summed E-state index contributed by atoms with van der Waals surface area (Å²) in [5, 5.41) is 17.1. The van der Waals surface area contributed by atoms with Crippen molar-refractivity contribution in [2.75, 3.05) is 42.8 Å². The number of hydrogen-bond acceptors (Lipinski definition) is 9. The molecule has 1 aliphatic rings. The maximum absolute atomic E-state index is 12.2. The zero-order valence-corrected chi connectivity index (χ0v) is 24.1. The summed E-state index contributed by atoms with van der Waals surface area (Å²) in [4.78, 5) is 28.0. The number of fused-ring (bicyclic) bond motifs is 3. The Morgan fingerprint density at radius 1 is 1.07 bits per heavy atom. The van der Waals surface area contributed by atoms with Crippen molar-refractivity contribution in [3.63, 3.8) is 0 Å². The Morgan fingerprint density at radius 3 is 2.48 bits per heavy atom. The predicted octanol–water partition coefficient (Wildman–Crippen LogP) is 5.32. The van der Waals surface area contributed by atoms with Gasteiger partial charge in [0.05, 0.1) is 41.7 Å². The molecule has 3 aromatic heterocycles. The average molecular weight is 606 g/mol. The fraction of sp³-hybridized carbons (Fsp3) is 0.172. The fourth-order valence-corrected chi connectivity index (χ4v) is 5.55. The molecule has 4 heterocycles. The zero-order valence-electron chi connectivity index (χ0n) is 22.6. The molecule has 0 aliphatic carbocycles. The summed E-state index contributed by atoms with van der Waals surface area (Å²) in [6, 6.07) is 9.04. The molecule has 0 saturated carbocycles. The highest BCUT2D eigenvalue weighted by Crippen LogP contribution is 2.47. The topological polar surface area (TPSA) is 126 Å². The molecule has 13 heteroatoms. The molecule has 0 atom stereocenters. The molecule has 0 unspecified atom stereocenters. The van der Waals surface area contributed by atoms with Crippen molar-refractivity contribution in [2.24, 2.45) is 0 Å². The number of aliphatic hydroxyl groups is 1. The van der Waals surface area contributed by atoms with Crippen molar-refractivity contribution in [3.05, 3.63) is 71.6 Å². The summed E-state index contributed by atoms with van der Waals surface area (Å²) < 4.78 is 12.7. The van der Waals surface area contributed by atoms with Gasteiger partial charge < -0.3 is 30.1 Å². The molecule has 3 N–H and O–H groups in total. The lowest BCUT2D eigenvalue weighted by Crippen LogP contribution is -2.50. The second kappa shape index (κ2) is 11.0. The number of carbonyl (C=O) groups is 1. The first-order valence-corrected chi connectivity index (χ1v) is 13.6. The van der Waals surface area contributed by atoms with Gasteiger partial charge in [-0.3, -0.25) is 9.20 Å². The average Bonchev–Trinajstić information content (AvgIpc) is 3.47. The van der Waals surface area contributed by atoms with Crippen LogP contribution in [0.3, 0.4) is 0 Å². The lowest BCUT2D eigenvalue weighted by Gasteiger charge is -2.38. The number of halogens is 2. The Bertz CT molecular complexity index is 1840. The van der Waals surface area contributed by atoms with Crippen molar-refractivity contribution in [1.82, 2.24) is 19.4 Å². The maximum Gasteiger partial charge on any atom is 0.247 e. The van der Waals surface area contributed by atoms with Crippen LogP contribution in [-0.2, 0) is 4.79 Å². The summed E-state index contributed by atoms with van der Waals surface area (Å²) >= 11 is 13.5. The number of ether oxygens (including phenoxy) is 2. The Labute approximate surface area is 250 Å². The lowest BCUT2D eigenvalue weighted by atomic mass is 10.0. The van der Waals surface area contributed by atoms with Crippen LogP contribution >= 0.6 is 23.2 Å². The third-order valence-electron chi connectivity index (χ3n) is 6.97. The van der Waals surface area contributed by atoms with E-state index in [4.69, 9.17) is 37.7 Å². The zero-order chi connectivity index (χ0) is 29.5. The van der Waals surface area contributed by atoms with Gasteiger partial charge >= 0.3 is 0 Å². The van der Waals surface area contributed by atoms with E-state index in [2.05, 4.69) is 27.2 Å². The van der Waals surface area contributed by atoms with Gasteiger partial charge in [-0.2, -0.15) is 4.98 Å². The van der Waals surface area contributed by atoms with E-state index in [0.29, 0.717) is 79.8 Å². The highest BCUT2D eigenvalue weighted by Gasteiger charge is 2.26. The minimum Gasteiger partial charge on any atom is -0.495 e. The first-order chi connectivity index (χ1) is 20.3. The van der Waals surface area contributed by atoms with Crippen molar-refractivity contribution in [2.45, 2.75) is 6.10 Å². The number of aromatic nitrogens is 4. The Balaban J connectivity index is 1.43. The number of benzene rings is 2. The van der Waals surface area contributed by atoms with E-state index < -0.39 is 0 Å². The molecule has 1 fully saturated rings. The number of hydrogen-bond donors (Lipinski definition) is 3. The molecular weight excluding hydrogens is 581 g/mol. The summed E-state index contributed by atoms with van der Waals surface area (Å²) in [6.07, 6.45) is 5.94. The summed E-state index contributed by atoms with van der Waals surface area (Å²) in [6.45, 7) is 4.59. The molecule has 5 aromatic rings. The number of methoxy groups -OCH3 is 2. The first kappa shape index (κ1) is 27.6. The van der Waals surface area contributed by atoms with Crippen LogP contribution in [0.15, 0.2) is 61.6 Å². The largest absolute Gasteiger partial charge is 0.495 e. The van der Waals surface area contributed by atoms with E-state index in [9.17, 15) is 9.90 Å². The third kappa shape index (κ3) is 4.81. The van der Waals surface area contributed by atoms with Gasteiger partial charge in [-0.1, -0.05) is 29.8 Å². The minimum absolute atomic E-state index is 0.297. The van der Waals surface area contributed by atoms with Crippen LogP contribution in [-0.4, -0.2) is 63.8 Å².